The van der Waals surface area contributed by atoms with Gasteiger partial charge in [0.05, 0.1) is 11.3 Å². The SMILES string of the molecule is CCCNc1ccncc1C(=O)NCc1cccc(Br)c1. The normalized spacial score (nSPS) is 10.2. The Morgan fingerprint density at radius 3 is 2.95 bits per heavy atom. The van der Waals surface area contributed by atoms with Gasteiger partial charge in [0.1, 0.15) is 0 Å². The lowest BCUT2D eigenvalue weighted by atomic mass is 10.2. The number of nitrogens with zero attached hydrogens (tertiary/aromatic N) is 1. The number of hydrogen-bond donors (Lipinski definition) is 2. The van der Waals surface area contributed by atoms with E-state index in [0.717, 1.165) is 28.7 Å². The fourth-order valence-corrected chi connectivity index (χ4v) is 2.36. The maximum Gasteiger partial charge on any atom is 0.255 e. The van der Waals surface area contributed by atoms with Gasteiger partial charge in [-0.3, -0.25) is 9.78 Å². The van der Waals surface area contributed by atoms with Crippen molar-refractivity contribution in [1.82, 2.24) is 10.3 Å². The minimum absolute atomic E-state index is 0.123. The third-order valence-corrected chi connectivity index (χ3v) is 3.47. The lowest BCUT2D eigenvalue weighted by Crippen LogP contribution is -2.24. The van der Waals surface area contributed by atoms with Crippen molar-refractivity contribution in [1.29, 1.82) is 0 Å². The fourth-order valence-electron chi connectivity index (χ4n) is 1.91. The number of carbonyl (C=O) groups is 1. The molecule has 0 unspecified atom stereocenters. The van der Waals surface area contributed by atoms with Crippen molar-refractivity contribution in [3.05, 3.63) is 58.3 Å². The number of anilines is 1. The molecule has 0 radical (unpaired) electrons. The molecule has 1 aromatic carbocycles. The zero-order valence-electron chi connectivity index (χ0n) is 11.9. The van der Waals surface area contributed by atoms with Gasteiger partial charge in [-0.2, -0.15) is 0 Å². The molecule has 0 saturated carbocycles. The molecule has 0 spiro atoms. The van der Waals surface area contributed by atoms with Gasteiger partial charge in [-0.05, 0) is 30.2 Å². The van der Waals surface area contributed by atoms with E-state index in [4.69, 9.17) is 0 Å². The second-order valence-electron chi connectivity index (χ2n) is 4.66. The summed E-state index contributed by atoms with van der Waals surface area (Å²) >= 11 is 3.42. The average Bonchev–Trinajstić information content (AvgIpc) is 2.51. The molecule has 1 amide bonds. The summed E-state index contributed by atoms with van der Waals surface area (Å²) in [5, 5.41) is 6.16. The largest absolute Gasteiger partial charge is 0.384 e. The molecule has 0 atom stereocenters. The van der Waals surface area contributed by atoms with Crippen LogP contribution in [-0.4, -0.2) is 17.4 Å². The topological polar surface area (TPSA) is 54.0 Å². The van der Waals surface area contributed by atoms with Crippen LogP contribution in [0.3, 0.4) is 0 Å². The Morgan fingerprint density at radius 1 is 1.33 bits per heavy atom. The average molecular weight is 348 g/mol. The Morgan fingerprint density at radius 2 is 2.19 bits per heavy atom. The van der Waals surface area contributed by atoms with E-state index in [1.54, 1.807) is 12.4 Å². The van der Waals surface area contributed by atoms with Gasteiger partial charge in [0.25, 0.3) is 5.91 Å². The first-order valence-corrected chi connectivity index (χ1v) is 7.70. The molecule has 1 heterocycles. The fraction of sp³-hybridized carbons (Fsp3) is 0.250. The minimum atomic E-state index is -0.123. The summed E-state index contributed by atoms with van der Waals surface area (Å²) in [4.78, 5) is 16.3. The summed E-state index contributed by atoms with van der Waals surface area (Å²) in [6.07, 6.45) is 4.28. The standard InChI is InChI=1S/C16H18BrN3O/c1-2-7-19-15-6-8-18-11-14(15)16(21)20-10-12-4-3-5-13(17)9-12/h3-6,8-9,11H,2,7,10H2,1H3,(H,18,19)(H,20,21). The highest BCUT2D eigenvalue weighted by Gasteiger charge is 2.10. The summed E-state index contributed by atoms with van der Waals surface area (Å²) in [5.41, 5.74) is 2.43. The van der Waals surface area contributed by atoms with E-state index in [2.05, 4.69) is 38.5 Å². The van der Waals surface area contributed by atoms with Gasteiger partial charge in [0, 0.05) is 30.0 Å². The van der Waals surface area contributed by atoms with Gasteiger partial charge in [-0.1, -0.05) is 35.0 Å². The van der Waals surface area contributed by atoms with Gasteiger partial charge in [0.2, 0.25) is 0 Å². The van der Waals surface area contributed by atoms with Crippen molar-refractivity contribution in [2.75, 3.05) is 11.9 Å². The maximum absolute atomic E-state index is 12.3. The second-order valence-corrected chi connectivity index (χ2v) is 5.58. The first-order valence-electron chi connectivity index (χ1n) is 6.91. The number of aromatic nitrogens is 1. The molecule has 4 nitrogen and oxygen atoms in total. The Labute approximate surface area is 133 Å². The third-order valence-electron chi connectivity index (χ3n) is 2.97. The first kappa shape index (κ1) is 15.5. The smallest absolute Gasteiger partial charge is 0.255 e. The maximum atomic E-state index is 12.3. The molecule has 0 aliphatic carbocycles. The number of nitrogens with one attached hydrogen (secondary N) is 2. The lowest BCUT2D eigenvalue weighted by molar-refractivity contribution is 0.0951. The van der Waals surface area contributed by atoms with Crippen LogP contribution < -0.4 is 10.6 Å². The first-order chi connectivity index (χ1) is 10.2. The van der Waals surface area contributed by atoms with Crippen molar-refractivity contribution in [3.63, 3.8) is 0 Å². The molecule has 2 aromatic rings. The van der Waals surface area contributed by atoms with Crippen LogP contribution in [0.25, 0.3) is 0 Å². The van der Waals surface area contributed by atoms with E-state index in [0.29, 0.717) is 12.1 Å². The molecule has 0 fully saturated rings. The molecule has 0 aliphatic heterocycles. The molecule has 1 aromatic heterocycles. The molecule has 5 heteroatoms. The van der Waals surface area contributed by atoms with Gasteiger partial charge >= 0.3 is 0 Å². The number of rotatable bonds is 6. The van der Waals surface area contributed by atoms with Gasteiger partial charge < -0.3 is 10.6 Å². The van der Waals surface area contributed by atoms with Crippen LogP contribution in [-0.2, 0) is 6.54 Å². The predicted octanol–water partition coefficient (Wildman–Crippen LogP) is 3.60. The highest BCUT2D eigenvalue weighted by atomic mass is 79.9. The van der Waals surface area contributed by atoms with Crippen molar-refractivity contribution < 1.29 is 4.79 Å². The van der Waals surface area contributed by atoms with E-state index < -0.39 is 0 Å². The number of hydrogen-bond acceptors (Lipinski definition) is 3. The summed E-state index contributed by atoms with van der Waals surface area (Å²) in [7, 11) is 0. The Kier molecular flexibility index (Phi) is 5.75. The summed E-state index contributed by atoms with van der Waals surface area (Å²) in [6.45, 7) is 3.40. The number of benzene rings is 1. The number of amides is 1. The van der Waals surface area contributed by atoms with Crippen molar-refractivity contribution in [2.24, 2.45) is 0 Å². The van der Waals surface area contributed by atoms with E-state index in [1.165, 1.54) is 0 Å². The molecular weight excluding hydrogens is 330 g/mol. The number of carbonyl (C=O) groups excluding carboxylic acids is 1. The molecular formula is C16H18BrN3O. The van der Waals surface area contributed by atoms with Crippen LogP contribution in [0.5, 0.6) is 0 Å². The van der Waals surface area contributed by atoms with Crippen molar-refractivity contribution in [3.8, 4) is 0 Å². The van der Waals surface area contributed by atoms with Gasteiger partial charge in [-0.15, -0.1) is 0 Å². The van der Waals surface area contributed by atoms with Gasteiger partial charge in [-0.25, -0.2) is 0 Å². The quantitative estimate of drug-likeness (QED) is 0.839. The third kappa shape index (κ3) is 4.56. The van der Waals surface area contributed by atoms with Crippen LogP contribution in [0.15, 0.2) is 47.2 Å². The van der Waals surface area contributed by atoms with E-state index in [9.17, 15) is 4.79 Å². The summed E-state index contributed by atoms with van der Waals surface area (Å²) in [6, 6.07) is 9.69. The summed E-state index contributed by atoms with van der Waals surface area (Å²) < 4.78 is 1.00. The van der Waals surface area contributed by atoms with Gasteiger partial charge in [0.15, 0.2) is 0 Å². The highest BCUT2D eigenvalue weighted by molar-refractivity contribution is 9.10. The van der Waals surface area contributed by atoms with Crippen LogP contribution in [0.4, 0.5) is 5.69 Å². The molecule has 0 saturated heterocycles. The zero-order chi connectivity index (χ0) is 15.1. The van der Waals surface area contributed by atoms with Crippen LogP contribution in [0, 0.1) is 0 Å². The highest BCUT2D eigenvalue weighted by Crippen LogP contribution is 2.14. The molecule has 110 valence electrons. The Bertz CT molecular complexity index is 616. The minimum Gasteiger partial charge on any atom is -0.384 e. The zero-order valence-corrected chi connectivity index (χ0v) is 13.5. The molecule has 2 N–H and O–H groups in total. The summed E-state index contributed by atoms with van der Waals surface area (Å²) in [5.74, 6) is -0.123. The number of pyridine rings is 1. The van der Waals surface area contributed by atoms with Crippen molar-refractivity contribution in [2.45, 2.75) is 19.9 Å². The number of halogens is 1. The Balaban J connectivity index is 2.03. The van der Waals surface area contributed by atoms with Crippen LogP contribution in [0.1, 0.15) is 29.3 Å². The van der Waals surface area contributed by atoms with Crippen LogP contribution >= 0.6 is 15.9 Å². The Hall–Kier alpha value is -1.88. The molecule has 0 aliphatic rings. The van der Waals surface area contributed by atoms with Crippen molar-refractivity contribution >= 4 is 27.5 Å². The molecule has 2 rings (SSSR count). The lowest BCUT2D eigenvalue weighted by Gasteiger charge is -2.11. The molecule has 0 bridgehead atoms. The second kappa shape index (κ2) is 7.78. The van der Waals surface area contributed by atoms with E-state index in [-0.39, 0.29) is 5.91 Å². The van der Waals surface area contributed by atoms with E-state index in [1.807, 2.05) is 30.3 Å². The monoisotopic (exact) mass is 347 g/mol. The molecule has 21 heavy (non-hydrogen) atoms. The van der Waals surface area contributed by atoms with Crippen LogP contribution in [0.2, 0.25) is 0 Å². The van der Waals surface area contributed by atoms with E-state index >= 15 is 0 Å². The predicted molar refractivity (Wildman–Crippen MR) is 88.3 cm³/mol.